The zero-order valence-corrected chi connectivity index (χ0v) is 10.9. The molecule has 0 saturated carbocycles. The zero-order chi connectivity index (χ0) is 12.1. The largest absolute Gasteiger partial charge is 0.477 e. The Morgan fingerprint density at radius 3 is 2.81 bits per heavy atom. The lowest BCUT2D eigenvalue weighted by molar-refractivity contribution is 0.0702. The van der Waals surface area contributed by atoms with Gasteiger partial charge in [-0.15, -0.1) is 11.3 Å². The van der Waals surface area contributed by atoms with Crippen LogP contribution in [0.5, 0.6) is 0 Å². The average molecular weight is 241 g/mol. The molecule has 4 heteroatoms. The van der Waals surface area contributed by atoms with E-state index in [1.807, 2.05) is 6.92 Å². The Hall–Kier alpha value is -0.870. The minimum Gasteiger partial charge on any atom is -0.477 e. The summed E-state index contributed by atoms with van der Waals surface area (Å²) in [5, 5.41) is 12.2. The lowest BCUT2D eigenvalue weighted by atomic mass is 10.1. The van der Waals surface area contributed by atoms with E-state index in [-0.39, 0.29) is 0 Å². The maximum absolute atomic E-state index is 10.8. The molecule has 0 aliphatic carbocycles. The van der Waals surface area contributed by atoms with Crippen molar-refractivity contribution in [3.05, 3.63) is 21.4 Å². The molecule has 16 heavy (non-hydrogen) atoms. The summed E-state index contributed by atoms with van der Waals surface area (Å²) in [6.45, 7) is 8.09. The number of hydrogen-bond donors (Lipinski definition) is 2. The van der Waals surface area contributed by atoms with Crippen molar-refractivity contribution in [1.29, 1.82) is 0 Å². The molecular weight excluding hydrogens is 222 g/mol. The number of nitrogens with one attached hydrogen (secondary N) is 1. The topological polar surface area (TPSA) is 49.3 Å². The van der Waals surface area contributed by atoms with Crippen LogP contribution in [-0.4, -0.2) is 17.6 Å². The second-order valence-electron chi connectivity index (χ2n) is 4.14. The predicted molar refractivity (Wildman–Crippen MR) is 67.2 cm³/mol. The van der Waals surface area contributed by atoms with Gasteiger partial charge in [0, 0.05) is 11.4 Å². The van der Waals surface area contributed by atoms with E-state index < -0.39 is 5.97 Å². The third-order valence-electron chi connectivity index (χ3n) is 2.74. The maximum atomic E-state index is 10.8. The quantitative estimate of drug-likeness (QED) is 0.805. The summed E-state index contributed by atoms with van der Waals surface area (Å²) in [5.41, 5.74) is 1.10. The van der Waals surface area contributed by atoms with Crippen molar-refractivity contribution >= 4 is 17.3 Å². The molecule has 0 aliphatic rings. The second kappa shape index (κ2) is 6.01. The van der Waals surface area contributed by atoms with Gasteiger partial charge in [-0.1, -0.05) is 20.3 Å². The molecule has 0 radical (unpaired) electrons. The van der Waals surface area contributed by atoms with Gasteiger partial charge in [0.2, 0.25) is 0 Å². The highest BCUT2D eigenvalue weighted by molar-refractivity contribution is 7.14. The smallest absolute Gasteiger partial charge is 0.345 e. The molecule has 0 spiro atoms. The van der Waals surface area contributed by atoms with Gasteiger partial charge in [0.25, 0.3) is 0 Å². The first-order chi connectivity index (χ1) is 7.54. The number of carboxylic acid groups (broad SMARTS) is 1. The Morgan fingerprint density at radius 1 is 1.62 bits per heavy atom. The van der Waals surface area contributed by atoms with E-state index in [0.29, 0.717) is 10.8 Å². The summed E-state index contributed by atoms with van der Waals surface area (Å²) in [4.78, 5) is 12.3. The van der Waals surface area contributed by atoms with Crippen LogP contribution in [0.3, 0.4) is 0 Å². The van der Waals surface area contributed by atoms with Gasteiger partial charge in [-0.05, 0) is 31.0 Å². The molecule has 1 unspecified atom stereocenters. The zero-order valence-electron chi connectivity index (χ0n) is 10.0. The number of rotatable bonds is 6. The first-order valence-corrected chi connectivity index (χ1v) is 6.39. The molecule has 0 aromatic carbocycles. The molecule has 2 N–H and O–H groups in total. The van der Waals surface area contributed by atoms with Crippen molar-refractivity contribution < 1.29 is 9.90 Å². The van der Waals surface area contributed by atoms with Crippen molar-refractivity contribution in [3.63, 3.8) is 0 Å². The summed E-state index contributed by atoms with van der Waals surface area (Å²) in [7, 11) is 0. The molecule has 3 nitrogen and oxygen atoms in total. The monoisotopic (exact) mass is 241 g/mol. The molecule has 0 bridgehead atoms. The Morgan fingerprint density at radius 2 is 2.31 bits per heavy atom. The van der Waals surface area contributed by atoms with Crippen molar-refractivity contribution in [2.45, 2.75) is 33.7 Å². The van der Waals surface area contributed by atoms with Crippen LogP contribution in [0.1, 0.15) is 40.4 Å². The summed E-state index contributed by atoms with van der Waals surface area (Å²) in [6.07, 6.45) is 1.16. The highest BCUT2D eigenvalue weighted by Crippen LogP contribution is 2.21. The number of thiophene rings is 1. The fraction of sp³-hybridized carbons (Fsp3) is 0.583. The molecule has 1 rings (SSSR count). The molecular formula is C12H19NO2S. The SMILES string of the molecule is CCC(C)CNCc1cc(C(=O)O)sc1C. The average Bonchev–Trinajstić information content (AvgIpc) is 2.60. The minimum absolute atomic E-state index is 0.429. The van der Waals surface area contributed by atoms with Crippen LogP contribution in [0.2, 0.25) is 0 Å². The van der Waals surface area contributed by atoms with E-state index in [2.05, 4.69) is 19.2 Å². The van der Waals surface area contributed by atoms with Crippen LogP contribution in [0.4, 0.5) is 0 Å². The second-order valence-corrected chi connectivity index (χ2v) is 5.40. The molecule has 1 heterocycles. The van der Waals surface area contributed by atoms with Gasteiger partial charge in [-0.3, -0.25) is 0 Å². The molecule has 90 valence electrons. The van der Waals surface area contributed by atoms with Crippen LogP contribution in [0.15, 0.2) is 6.07 Å². The Kier molecular flexibility index (Phi) is 4.96. The van der Waals surface area contributed by atoms with Crippen molar-refractivity contribution in [3.8, 4) is 0 Å². The van der Waals surface area contributed by atoms with Crippen molar-refractivity contribution in [1.82, 2.24) is 5.32 Å². The Labute approximate surface area is 100 Å². The lowest BCUT2D eigenvalue weighted by Gasteiger charge is -2.09. The molecule has 0 saturated heterocycles. The molecule has 1 aromatic rings. The van der Waals surface area contributed by atoms with E-state index in [0.717, 1.165) is 30.0 Å². The van der Waals surface area contributed by atoms with Crippen molar-refractivity contribution in [2.24, 2.45) is 5.92 Å². The summed E-state index contributed by atoms with van der Waals surface area (Å²) in [5.74, 6) is -0.167. The van der Waals surface area contributed by atoms with E-state index in [9.17, 15) is 4.79 Å². The Bertz CT molecular complexity index is 360. The van der Waals surface area contributed by atoms with E-state index in [1.165, 1.54) is 11.3 Å². The normalized spacial score (nSPS) is 12.7. The Balaban J connectivity index is 2.51. The van der Waals surface area contributed by atoms with Gasteiger partial charge in [0.15, 0.2) is 0 Å². The number of hydrogen-bond acceptors (Lipinski definition) is 3. The van der Waals surface area contributed by atoms with Crippen LogP contribution in [0.25, 0.3) is 0 Å². The van der Waals surface area contributed by atoms with Crippen LogP contribution < -0.4 is 5.32 Å². The fourth-order valence-corrected chi connectivity index (χ4v) is 2.28. The van der Waals surface area contributed by atoms with Crippen LogP contribution in [0, 0.1) is 12.8 Å². The first-order valence-electron chi connectivity index (χ1n) is 5.57. The number of carbonyl (C=O) groups is 1. The third-order valence-corrected chi connectivity index (χ3v) is 3.82. The predicted octanol–water partition coefficient (Wildman–Crippen LogP) is 2.89. The summed E-state index contributed by atoms with van der Waals surface area (Å²) < 4.78 is 0. The molecule has 0 fully saturated rings. The molecule has 1 aromatic heterocycles. The van der Waals surface area contributed by atoms with E-state index in [4.69, 9.17) is 5.11 Å². The molecule has 1 atom stereocenters. The number of aryl methyl sites for hydroxylation is 1. The van der Waals surface area contributed by atoms with E-state index >= 15 is 0 Å². The maximum Gasteiger partial charge on any atom is 0.345 e. The standard InChI is InChI=1S/C12H19NO2S/c1-4-8(2)6-13-7-10-5-11(12(14)15)16-9(10)3/h5,8,13H,4,6-7H2,1-3H3,(H,14,15). The molecule has 0 aliphatic heterocycles. The minimum atomic E-state index is -0.832. The fourth-order valence-electron chi connectivity index (χ4n) is 1.40. The highest BCUT2D eigenvalue weighted by atomic mass is 32.1. The third kappa shape index (κ3) is 3.61. The van der Waals surface area contributed by atoms with Gasteiger partial charge >= 0.3 is 5.97 Å². The van der Waals surface area contributed by atoms with Crippen LogP contribution in [-0.2, 0) is 6.54 Å². The van der Waals surface area contributed by atoms with Gasteiger partial charge < -0.3 is 10.4 Å². The lowest BCUT2D eigenvalue weighted by Crippen LogP contribution is -2.20. The molecule has 0 amide bonds. The van der Waals surface area contributed by atoms with Gasteiger partial charge in [-0.2, -0.15) is 0 Å². The van der Waals surface area contributed by atoms with Gasteiger partial charge in [-0.25, -0.2) is 4.79 Å². The highest BCUT2D eigenvalue weighted by Gasteiger charge is 2.10. The summed E-state index contributed by atoms with van der Waals surface area (Å²) >= 11 is 1.35. The van der Waals surface area contributed by atoms with Gasteiger partial charge in [0.1, 0.15) is 4.88 Å². The number of aromatic carboxylic acids is 1. The summed E-state index contributed by atoms with van der Waals surface area (Å²) in [6, 6.07) is 1.77. The van der Waals surface area contributed by atoms with E-state index in [1.54, 1.807) is 6.07 Å². The number of carboxylic acids is 1. The van der Waals surface area contributed by atoms with Crippen molar-refractivity contribution in [2.75, 3.05) is 6.54 Å². The van der Waals surface area contributed by atoms with Crippen LogP contribution >= 0.6 is 11.3 Å². The van der Waals surface area contributed by atoms with Gasteiger partial charge in [0.05, 0.1) is 0 Å². The first kappa shape index (κ1) is 13.2.